The maximum absolute atomic E-state index is 12.4. The minimum absolute atomic E-state index is 0.0159. The van der Waals surface area contributed by atoms with Gasteiger partial charge in [0.2, 0.25) is 0 Å². The van der Waals surface area contributed by atoms with Gasteiger partial charge >= 0.3 is 0 Å². The van der Waals surface area contributed by atoms with Crippen molar-refractivity contribution in [3.05, 3.63) is 65.2 Å². The van der Waals surface area contributed by atoms with E-state index in [1.54, 1.807) is 0 Å². The van der Waals surface area contributed by atoms with Gasteiger partial charge < -0.3 is 15.0 Å². The number of nitrogens with one attached hydrogen (secondary N) is 1. The molecule has 0 unspecified atom stereocenters. The molecule has 0 bridgehead atoms. The Kier molecular flexibility index (Phi) is 6.12. The molecule has 5 nitrogen and oxygen atoms in total. The van der Waals surface area contributed by atoms with Crippen molar-refractivity contribution >= 4 is 11.8 Å². The van der Waals surface area contributed by atoms with Crippen molar-refractivity contribution in [2.75, 3.05) is 19.7 Å². The molecule has 0 radical (unpaired) electrons. The van der Waals surface area contributed by atoms with Gasteiger partial charge in [-0.05, 0) is 62.1 Å². The molecule has 1 saturated heterocycles. The van der Waals surface area contributed by atoms with Gasteiger partial charge in [0.05, 0.1) is 0 Å². The number of nitrogens with zero attached hydrogens (tertiary/aromatic N) is 1. The van der Waals surface area contributed by atoms with Crippen molar-refractivity contribution in [2.45, 2.75) is 32.7 Å². The molecule has 3 rings (SSSR count). The summed E-state index contributed by atoms with van der Waals surface area (Å²) in [6.45, 7) is 5.35. The summed E-state index contributed by atoms with van der Waals surface area (Å²) in [5.74, 6) is 0.634. The number of piperidine rings is 1. The normalized spacial score (nSPS) is 14.7. The number of para-hydroxylation sites is 1. The van der Waals surface area contributed by atoms with E-state index in [0.29, 0.717) is 24.4 Å². The van der Waals surface area contributed by atoms with Gasteiger partial charge in [-0.2, -0.15) is 0 Å². The second-order valence-electron chi connectivity index (χ2n) is 7.03. The van der Waals surface area contributed by atoms with Crippen LogP contribution in [-0.4, -0.2) is 42.5 Å². The first-order chi connectivity index (χ1) is 13.0. The Morgan fingerprint density at radius 2 is 1.74 bits per heavy atom. The molecule has 27 heavy (non-hydrogen) atoms. The third-order valence-corrected chi connectivity index (χ3v) is 5.06. The van der Waals surface area contributed by atoms with E-state index in [1.807, 2.05) is 67.3 Å². The van der Waals surface area contributed by atoms with Gasteiger partial charge in [-0.15, -0.1) is 0 Å². The van der Waals surface area contributed by atoms with Crippen molar-refractivity contribution in [1.82, 2.24) is 10.2 Å². The number of rotatable bonds is 5. The van der Waals surface area contributed by atoms with Crippen LogP contribution in [0.4, 0.5) is 0 Å². The van der Waals surface area contributed by atoms with Crippen LogP contribution in [-0.2, 0) is 4.79 Å². The van der Waals surface area contributed by atoms with E-state index >= 15 is 0 Å². The molecule has 142 valence electrons. The van der Waals surface area contributed by atoms with Crippen LogP contribution in [0.2, 0.25) is 0 Å². The van der Waals surface area contributed by atoms with Crippen LogP contribution in [0.3, 0.4) is 0 Å². The molecular formula is C22H26N2O3. The highest BCUT2D eigenvalue weighted by atomic mass is 16.5. The quantitative estimate of drug-likeness (QED) is 0.885. The highest BCUT2D eigenvalue weighted by Crippen LogP contribution is 2.14. The maximum Gasteiger partial charge on any atom is 0.260 e. The van der Waals surface area contributed by atoms with Gasteiger partial charge in [-0.25, -0.2) is 0 Å². The van der Waals surface area contributed by atoms with Crippen LogP contribution >= 0.6 is 0 Å². The predicted molar refractivity (Wildman–Crippen MR) is 105 cm³/mol. The fourth-order valence-electron chi connectivity index (χ4n) is 3.18. The largest absolute Gasteiger partial charge is 0.484 e. The Morgan fingerprint density at radius 3 is 2.41 bits per heavy atom. The molecule has 0 aliphatic carbocycles. The highest BCUT2D eigenvalue weighted by molar-refractivity contribution is 5.94. The summed E-state index contributed by atoms with van der Waals surface area (Å²) in [6.07, 6.45) is 1.52. The zero-order chi connectivity index (χ0) is 19.2. The minimum Gasteiger partial charge on any atom is -0.484 e. The monoisotopic (exact) mass is 366 g/mol. The van der Waals surface area contributed by atoms with Gasteiger partial charge in [0.1, 0.15) is 5.75 Å². The number of hydrogen-bond acceptors (Lipinski definition) is 3. The summed E-state index contributed by atoms with van der Waals surface area (Å²) >= 11 is 0. The van der Waals surface area contributed by atoms with Gasteiger partial charge in [-0.1, -0.05) is 24.3 Å². The molecule has 2 aromatic carbocycles. The second kappa shape index (κ2) is 8.71. The highest BCUT2D eigenvalue weighted by Gasteiger charge is 2.24. The third kappa shape index (κ3) is 5.09. The standard InChI is InChI=1S/C22H26N2O3/c1-16-8-9-18(14-17(16)2)22(26)23-19-10-12-24(13-11-19)21(25)15-27-20-6-4-3-5-7-20/h3-9,14,19H,10-13,15H2,1-2H3,(H,23,26). The number of amides is 2. The molecule has 0 saturated carbocycles. The molecule has 5 heteroatoms. The predicted octanol–water partition coefficient (Wildman–Crippen LogP) is 3.10. The summed E-state index contributed by atoms with van der Waals surface area (Å²) in [6, 6.07) is 15.2. The fourth-order valence-corrected chi connectivity index (χ4v) is 3.18. The fraction of sp³-hybridized carbons (Fsp3) is 0.364. The first-order valence-electron chi connectivity index (χ1n) is 9.36. The summed E-state index contributed by atoms with van der Waals surface area (Å²) in [7, 11) is 0. The number of carbonyl (C=O) groups is 2. The molecule has 1 N–H and O–H groups in total. The van der Waals surface area contributed by atoms with E-state index in [0.717, 1.165) is 18.4 Å². The molecular weight excluding hydrogens is 340 g/mol. The van der Waals surface area contributed by atoms with Crippen LogP contribution in [0.15, 0.2) is 48.5 Å². The third-order valence-electron chi connectivity index (χ3n) is 5.06. The average molecular weight is 366 g/mol. The lowest BCUT2D eigenvalue weighted by molar-refractivity contribution is -0.134. The lowest BCUT2D eigenvalue weighted by Gasteiger charge is -2.32. The first-order valence-corrected chi connectivity index (χ1v) is 9.36. The Balaban J connectivity index is 1.44. The van der Waals surface area contributed by atoms with Crippen LogP contribution in [0.5, 0.6) is 5.75 Å². The van der Waals surface area contributed by atoms with Gasteiger partial charge in [0.15, 0.2) is 6.61 Å². The summed E-state index contributed by atoms with van der Waals surface area (Å²) in [5.41, 5.74) is 2.98. The summed E-state index contributed by atoms with van der Waals surface area (Å²) < 4.78 is 5.53. The van der Waals surface area contributed by atoms with Crippen molar-refractivity contribution < 1.29 is 14.3 Å². The topological polar surface area (TPSA) is 58.6 Å². The van der Waals surface area contributed by atoms with E-state index in [-0.39, 0.29) is 24.5 Å². The molecule has 1 aliphatic rings. The van der Waals surface area contributed by atoms with Gasteiger partial charge in [-0.3, -0.25) is 9.59 Å². The van der Waals surface area contributed by atoms with Crippen molar-refractivity contribution in [3.8, 4) is 5.75 Å². The van der Waals surface area contributed by atoms with Crippen LogP contribution < -0.4 is 10.1 Å². The van der Waals surface area contributed by atoms with Gasteiger partial charge in [0.25, 0.3) is 11.8 Å². The molecule has 1 fully saturated rings. The van der Waals surface area contributed by atoms with E-state index in [2.05, 4.69) is 5.32 Å². The number of ether oxygens (including phenoxy) is 1. The smallest absolute Gasteiger partial charge is 0.260 e. The maximum atomic E-state index is 12.4. The van der Waals surface area contributed by atoms with Crippen LogP contribution in [0.25, 0.3) is 0 Å². The summed E-state index contributed by atoms with van der Waals surface area (Å²) in [5, 5.41) is 3.09. The van der Waals surface area contributed by atoms with Gasteiger partial charge in [0, 0.05) is 24.7 Å². The van der Waals surface area contributed by atoms with Crippen LogP contribution in [0.1, 0.15) is 34.3 Å². The Bertz CT molecular complexity index is 796. The van der Waals surface area contributed by atoms with E-state index in [4.69, 9.17) is 4.74 Å². The Labute approximate surface area is 160 Å². The van der Waals surface area contributed by atoms with E-state index in [9.17, 15) is 9.59 Å². The molecule has 1 aliphatic heterocycles. The van der Waals surface area contributed by atoms with Crippen LogP contribution in [0, 0.1) is 13.8 Å². The molecule has 0 atom stereocenters. The first kappa shape index (κ1) is 19.0. The molecule has 0 spiro atoms. The average Bonchev–Trinajstić information content (AvgIpc) is 2.69. The molecule has 0 aromatic heterocycles. The zero-order valence-corrected chi connectivity index (χ0v) is 15.9. The van der Waals surface area contributed by atoms with E-state index < -0.39 is 0 Å². The Morgan fingerprint density at radius 1 is 1.04 bits per heavy atom. The van der Waals surface area contributed by atoms with Crippen molar-refractivity contribution in [2.24, 2.45) is 0 Å². The SMILES string of the molecule is Cc1ccc(C(=O)NC2CCN(C(=O)COc3ccccc3)CC2)cc1C. The number of likely N-dealkylation sites (tertiary alicyclic amines) is 1. The van der Waals surface area contributed by atoms with E-state index in [1.165, 1.54) is 5.56 Å². The number of aryl methyl sites for hydroxylation is 2. The lowest BCUT2D eigenvalue weighted by atomic mass is 10.0. The number of hydrogen-bond donors (Lipinski definition) is 1. The Hall–Kier alpha value is -2.82. The summed E-state index contributed by atoms with van der Waals surface area (Å²) in [4.78, 5) is 26.6. The number of benzene rings is 2. The molecule has 1 heterocycles. The number of carbonyl (C=O) groups excluding carboxylic acids is 2. The van der Waals surface area contributed by atoms with Crippen molar-refractivity contribution in [1.29, 1.82) is 0 Å². The van der Waals surface area contributed by atoms with Crippen molar-refractivity contribution in [3.63, 3.8) is 0 Å². The zero-order valence-electron chi connectivity index (χ0n) is 15.9. The second-order valence-corrected chi connectivity index (χ2v) is 7.03. The molecule has 2 aromatic rings. The minimum atomic E-state index is -0.0460. The lowest BCUT2D eigenvalue weighted by Crippen LogP contribution is -2.47. The molecule has 2 amide bonds.